The Morgan fingerprint density at radius 2 is 2.06 bits per heavy atom. The van der Waals surface area contributed by atoms with Crippen molar-refractivity contribution in [1.29, 1.82) is 0 Å². The summed E-state index contributed by atoms with van der Waals surface area (Å²) in [4.78, 5) is 11.6. The smallest absolute Gasteiger partial charge is 0.114 e. The molecular formula is C11H24NO2PS2. The molecule has 102 valence electrons. The van der Waals surface area contributed by atoms with E-state index in [1.807, 2.05) is 0 Å². The van der Waals surface area contributed by atoms with Gasteiger partial charge in [-0.15, -0.1) is 12.2 Å². The van der Waals surface area contributed by atoms with Crippen LogP contribution < -0.4 is 4.89 Å². The van der Waals surface area contributed by atoms with Crippen molar-refractivity contribution in [1.82, 2.24) is 0 Å². The molecule has 17 heavy (non-hydrogen) atoms. The Morgan fingerprint density at radius 1 is 1.47 bits per heavy atom. The maximum absolute atomic E-state index is 11.6. The van der Waals surface area contributed by atoms with Crippen molar-refractivity contribution >= 4 is 29.7 Å². The minimum absolute atomic E-state index is 0.0340. The van der Waals surface area contributed by atoms with Gasteiger partial charge in [-0.05, 0) is 18.3 Å². The zero-order valence-electron chi connectivity index (χ0n) is 11.1. The van der Waals surface area contributed by atoms with Crippen molar-refractivity contribution in [2.24, 2.45) is 11.8 Å². The molecule has 6 heteroatoms. The van der Waals surface area contributed by atoms with Crippen molar-refractivity contribution in [2.45, 2.75) is 32.3 Å². The number of thiol groups is 1. The molecule has 0 aromatic heterocycles. The van der Waals surface area contributed by atoms with Crippen molar-refractivity contribution in [3.05, 3.63) is 0 Å². The maximum Gasteiger partial charge on any atom is 0.114 e. The Labute approximate surface area is 115 Å². The van der Waals surface area contributed by atoms with Gasteiger partial charge < -0.3 is 13.9 Å². The third-order valence-corrected chi connectivity index (χ3v) is 4.48. The lowest BCUT2D eigenvalue weighted by Gasteiger charge is -2.37. The van der Waals surface area contributed by atoms with Gasteiger partial charge in [-0.1, -0.05) is 31.6 Å². The second-order valence-corrected chi connectivity index (χ2v) is 11.1. The van der Waals surface area contributed by atoms with Gasteiger partial charge in [0.15, 0.2) is 0 Å². The van der Waals surface area contributed by atoms with Gasteiger partial charge in [-0.25, -0.2) is 0 Å². The summed E-state index contributed by atoms with van der Waals surface area (Å²) in [6.45, 7) is 3.08. The summed E-state index contributed by atoms with van der Waals surface area (Å²) < 4.78 is 6.38. The van der Waals surface area contributed by atoms with Crippen molar-refractivity contribution in [3.8, 4) is 0 Å². The number of hydrogen-bond donors (Lipinski definition) is 1. The Morgan fingerprint density at radius 3 is 2.41 bits per heavy atom. The van der Waals surface area contributed by atoms with E-state index in [-0.39, 0.29) is 6.10 Å². The molecule has 1 aliphatic rings. The Kier molecular flexibility index (Phi) is 5.52. The van der Waals surface area contributed by atoms with Crippen molar-refractivity contribution in [2.75, 3.05) is 27.7 Å². The zero-order chi connectivity index (χ0) is 13.3. The van der Waals surface area contributed by atoms with Crippen LogP contribution in [0.4, 0.5) is 0 Å². The Balaban J connectivity index is 2.75. The number of hydrogen-bond acceptors (Lipinski definition) is 3. The summed E-state index contributed by atoms with van der Waals surface area (Å²) in [6, 6.07) is 0. The second kappa shape index (κ2) is 5.89. The summed E-state index contributed by atoms with van der Waals surface area (Å²) in [7, 11) is 6.34. The molecule has 0 bridgehead atoms. The van der Waals surface area contributed by atoms with Crippen LogP contribution in [0.25, 0.3) is 0 Å². The van der Waals surface area contributed by atoms with Gasteiger partial charge in [0, 0.05) is 5.69 Å². The van der Waals surface area contributed by atoms with Crippen LogP contribution in [0.15, 0.2) is 0 Å². The Bertz CT molecular complexity index is 300. The fraction of sp³-hybridized carbons (Fsp3) is 1.00. The minimum Gasteiger partial charge on any atom is -0.793 e. The number of rotatable bonds is 5. The largest absolute Gasteiger partial charge is 0.793 e. The minimum atomic E-state index is -3.12. The van der Waals surface area contributed by atoms with Gasteiger partial charge >= 0.3 is 0 Å². The average Bonchev–Trinajstić information content (AvgIpc) is 2.44. The SMILES string of the molecule is C[C@H]1CCC[C@H]1C(C[N+](C)(C)C)OP([O-])(=S)S. The van der Waals surface area contributed by atoms with E-state index >= 15 is 0 Å². The lowest BCUT2D eigenvalue weighted by Crippen LogP contribution is -2.45. The topological polar surface area (TPSA) is 32.3 Å². The van der Waals surface area contributed by atoms with Gasteiger partial charge in [0.05, 0.1) is 21.1 Å². The lowest BCUT2D eigenvalue weighted by molar-refractivity contribution is -0.873. The molecule has 0 aromatic rings. The molecule has 1 rings (SSSR count). The molecule has 3 nitrogen and oxygen atoms in total. The van der Waals surface area contributed by atoms with E-state index in [4.69, 9.17) is 16.3 Å². The molecule has 1 fully saturated rings. The highest BCUT2D eigenvalue weighted by atomic mass is 32.9. The van der Waals surface area contributed by atoms with Crippen molar-refractivity contribution < 1.29 is 13.9 Å². The molecule has 0 saturated heterocycles. The fourth-order valence-electron chi connectivity index (χ4n) is 2.68. The molecule has 4 atom stereocenters. The first kappa shape index (κ1) is 15.9. The molecule has 2 unspecified atom stereocenters. The first-order chi connectivity index (χ1) is 7.58. The standard InChI is InChI=1S/C11H24NO2PS2/c1-9-6-5-7-10(9)11(8-12(2,3)4)14-15(13,16)17/h9-11H,5-8H2,1-4H3,(H-,13,16,17)/t9-,10+,11?/m0/s1. The van der Waals surface area contributed by atoms with Crippen LogP contribution >= 0.6 is 17.9 Å². The third kappa shape index (κ3) is 6.04. The van der Waals surface area contributed by atoms with E-state index in [2.05, 4.69) is 40.3 Å². The molecule has 1 aliphatic carbocycles. The molecule has 0 spiro atoms. The normalized spacial score (nSPS) is 31.2. The van der Waals surface area contributed by atoms with E-state index in [9.17, 15) is 4.89 Å². The second-order valence-electron chi connectivity index (χ2n) is 6.16. The zero-order valence-corrected chi connectivity index (χ0v) is 13.7. The molecule has 1 saturated carbocycles. The maximum atomic E-state index is 11.6. The highest BCUT2D eigenvalue weighted by molar-refractivity contribution is 8.59. The Hall–Kier alpha value is 0.880. The molecule has 0 aliphatic heterocycles. The van der Waals surface area contributed by atoms with E-state index < -0.39 is 5.69 Å². The molecule has 0 N–H and O–H groups in total. The van der Waals surface area contributed by atoms with E-state index in [1.165, 1.54) is 12.8 Å². The van der Waals surface area contributed by atoms with Crippen LogP contribution in [-0.2, 0) is 16.3 Å². The summed E-state index contributed by atoms with van der Waals surface area (Å²) >= 11 is 8.72. The van der Waals surface area contributed by atoms with Crippen LogP contribution in [-0.4, -0.2) is 38.3 Å². The summed E-state index contributed by atoms with van der Waals surface area (Å²) in [5, 5.41) is 0. The van der Waals surface area contributed by atoms with Crippen LogP contribution in [0.2, 0.25) is 0 Å². The summed E-state index contributed by atoms with van der Waals surface area (Å²) in [5.74, 6) is 1.09. The predicted molar refractivity (Wildman–Crippen MR) is 77.5 cm³/mol. The van der Waals surface area contributed by atoms with Crippen LogP contribution in [0, 0.1) is 11.8 Å². The molecular weight excluding hydrogens is 273 g/mol. The highest BCUT2D eigenvalue weighted by Crippen LogP contribution is 2.47. The predicted octanol–water partition coefficient (Wildman–Crippen LogP) is 2.03. The summed E-state index contributed by atoms with van der Waals surface area (Å²) in [5.41, 5.74) is -3.12. The average molecular weight is 297 g/mol. The van der Waals surface area contributed by atoms with Gasteiger partial charge in [0.1, 0.15) is 12.6 Å². The quantitative estimate of drug-likeness (QED) is 0.479. The number of quaternary nitrogens is 1. The molecule has 0 radical (unpaired) electrons. The number of nitrogens with zero attached hydrogens (tertiary/aromatic N) is 1. The highest BCUT2D eigenvalue weighted by Gasteiger charge is 2.35. The van der Waals surface area contributed by atoms with Crippen LogP contribution in [0.3, 0.4) is 0 Å². The molecule has 0 amide bonds. The van der Waals surface area contributed by atoms with E-state index in [0.717, 1.165) is 17.4 Å². The summed E-state index contributed by atoms with van der Waals surface area (Å²) in [6.07, 6.45) is 3.58. The fourth-order valence-corrected chi connectivity index (χ4v) is 3.94. The van der Waals surface area contributed by atoms with Gasteiger partial charge in [0.2, 0.25) is 0 Å². The first-order valence-electron chi connectivity index (χ1n) is 6.11. The molecule has 0 aromatic carbocycles. The van der Waals surface area contributed by atoms with Gasteiger partial charge in [-0.3, -0.25) is 0 Å². The van der Waals surface area contributed by atoms with E-state index in [0.29, 0.717) is 11.8 Å². The lowest BCUT2D eigenvalue weighted by atomic mass is 9.92. The number of likely N-dealkylation sites (N-methyl/N-ethyl adjacent to an activating group) is 1. The third-order valence-electron chi connectivity index (χ3n) is 3.40. The monoisotopic (exact) mass is 297 g/mol. The van der Waals surface area contributed by atoms with Crippen LogP contribution in [0.5, 0.6) is 0 Å². The van der Waals surface area contributed by atoms with Crippen LogP contribution in [0.1, 0.15) is 26.2 Å². The van der Waals surface area contributed by atoms with Gasteiger partial charge in [0.25, 0.3) is 0 Å². The van der Waals surface area contributed by atoms with E-state index in [1.54, 1.807) is 0 Å². The van der Waals surface area contributed by atoms with Crippen molar-refractivity contribution in [3.63, 3.8) is 0 Å². The first-order valence-corrected chi connectivity index (χ1v) is 9.90. The van der Waals surface area contributed by atoms with Gasteiger partial charge in [-0.2, -0.15) is 0 Å². The molecule has 0 heterocycles.